The molecule has 1 fully saturated rings. The number of nitrogens with one attached hydrogen (secondary N) is 2. The Kier molecular flexibility index (Phi) is 5.62. The monoisotopic (exact) mass is 352 g/mol. The molecule has 1 aliphatic heterocycles. The van der Waals surface area contributed by atoms with Gasteiger partial charge in [-0.15, -0.1) is 0 Å². The number of rotatable bonds is 5. The number of nitrogens with zero attached hydrogens (tertiary/aromatic N) is 2. The Labute approximate surface area is 146 Å². The molecule has 0 spiro atoms. The number of hydrogen-bond acceptors (Lipinski definition) is 6. The van der Waals surface area contributed by atoms with Gasteiger partial charge in [-0.2, -0.15) is 0 Å². The van der Waals surface area contributed by atoms with Crippen LogP contribution in [0.4, 0.5) is 10.2 Å². The average molecular weight is 352 g/mol. The van der Waals surface area contributed by atoms with Gasteiger partial charge in [-0.1, -0.05) is 0 Å². The highest BCUT2D eigenvalue weighted by Crippen LogP contribution is 2.29. The van der Waals surface area contributed by atoms with Gasteiger partial charge in [0.2, 0.25) is 0 Å². The van der Waals surface area contributed by atoms with Gasteiger partial charge in [0.1, 0.15) is 17.2 Å². The van der Waals surface area contributed by atoms with Crippen molar-refractivity contribution in [2.24, 2.45) is 0 Å². The van der Waals surface area contributed by atoms with Gasteiger partial charge < -0.3 is 4.74 Å². The SMILES string of the molecule is CC(C)(C)OC(=O)CN1CCCC1(C)C(=O)NNc1ccc(F)cn1. The van der Waals surface area contributed by atoms with Gasteiger partial charge in [-0.3, -0.25) is 25.3 Å². The molecule has 25 heavy (non-hydrogen) atoms. The van der Waals surface area contributed by atoms with Gasteiger partial charge in [-0.05, 0) is 59.2 Å². The third-order valence-electron chi connectivity index (χ3n) is 4.05. The van der Waals surface area contributed by atoms with Gasteiger partial charge >= 0.3 is 5.97 Å². The van der Waals surface area contributed by atoms with E-state index in [0.717, 1.165) is 12.6 Å². The summed E-state index contributed by atoms with van der Waals surface area (Å²) in [7, 11) is 0. The first-order chi connectivity index (χ1) is 11.6. The fraction of sp³-hybridized carbons (Fsp3) is 0.588. The topological polar surface area (TPSA) is 83.6 Å². The van der Waals surface area contributed by atoms with Crippen LogP contribution in [-0.4, -0.2) is 46.0 Å². The first-order valence-electron chi connectivity index (χ1n) is 8.25. The van der Waals surface area contributed by atoms with Crippen LogP contribution in [0, 0.1) is 5.82 Å². The van der Waals surface area contributed by atoms with Crippen molar-refractivity contribution in [3.05, 3.63) is 24.1 Å². The van der Waals surface area contributed by atoms with E-state index in [9.17, 15) is 14.0 Å². The number of hydrazine groups is 1. The Morgan fingerprint density at radius 2 is 2.12 bits per heavy atom. The number of aromatic nitrogens is 1. The predicted octanol–water partition coefficient (Wildman–Crippen LogP) is 1.86. The van der Waals surface area contributed by atoms with Crippen LogP contribution in [0.2, 0.25) is 0 Å². The molecule has 1 saturated heterocycles. The summed E-state index contributed by atoms with van der Waals surface area (Å²) in [4.78, 5) is 30.3. The Balaban J connectivity index is 1.96. The lowest BCUT2D eigenvalue weighted by atomic mass is 9.98. The lowest BCUT2D eigenvalue weighted by Crippen LogP contribution is -2.56. The lowest BCUT2D eigenvalue weighted by Gasteiger charge is -2.33. The van der Waals surface area contributed by atoms with Gasteiger partial charge in [0, 0.05) is 0 Å². The number of hydrogen-bond donors (Lipinski definition) is 2. The molecule has 138 valence electrons. The molecule has 2 N–H and O–H groups in total. The predicted molar refractivity (Wildman–Crippen MR) is 91.0 cm³/mol. The molecule has 0 radical (unpaired) electrons. The molecule has 0 aliphatic carbocycles. The highest BCUT2D eigenvalue weighted by atomic mass is 19.1. The van der Waals surface area contributed by atoms with Crippen LogP contribution < -0.4 is 10.9 Å². The highest BCUT2D eigenvalue weighted by molar-refractivity contribution is 5.87. The van der Waals surface area contributed by atoms with Crippen molar-refractivity contribution in [2.75, 3.05) is 18.5 Å². The molecule has 2 heterocycles. The van der Waals surface area contributed by atoms with Crippen molar-refractivity contribution in [2.45, 2.75) is 51.7 Å². The summed E-state index contributed by atoms with van der Waals surface area (Å²) in [5.74, 6) is -0.764. The maximum absolute atomic E-state index is 12.9. The van der Waals surface area contributed by atoms with Crippen molar-refractivity contribution >= 4 is 17.7 Å². The maximum Gasteiger partial charge on any atom is 0.320 e. The third kappa shape index (κ3) is 5.12. The number of carbonyl (C=O) groups excluding carboxylic acids is 2. The van der Waals surface area contributed by atoms with Crippen LogP contribution in [0.1, 0.15) is 40.5 Å². The maximum atomic E-state index is 12.9. The van der Waals surface area contributed by atoms with Crippen molar-refractivity contribution in [3.63, 3.8) is 0 Å². The highest BCUT2D eigenvalue weighted by Gasteiger charge is 2.44. The van der Waals surface area contributed by atoms with Crippen LogP contribution >= 0.6 is 0 Å². The molecule has 1 aromatic heterocycles. The van der Waals surface area contributed by atoms with Crippen LogP contribution in [-0.2, 0) is 14.3 Å². The van der Waals surface area contributed by atoms with Crippen molar-refractivity contribution in [1.82, 2.24) is 15.3 Å². The largest absolute Gasteiger partial charge is 0.459 e. The normalized spacial score (nSPS) is 21.0. The number of likely N-dealkylation sites (tertiary alicyclic amines) is 1. The molecule has 0 saturated carbocycles. The van der Waals surface area contributed by atoms with Crippen LogP contribution in [0.5, 0.6) is 0 Å². The quantitative estimate of drug-likeness (QED) is 0.622. The standard InChI is InChI=1S/C17H25FN4O3/c1-16(2,3)25-14(23)11-22-9-5-8-17(22,4)15(24)21-20-13-7-6-12(18)10-19-13/h6-7,10H,5,8-9,11H2,1-4H3,(H,19,20)(H,21,24). The Morgan fingerprint density at radius 1 is 1.40 bits per heavy atom. The van der Waals surface area contributed by atoms with Crippen molar-refractivity contribution in [3.8, 4) is 0 Å². The zero-order valence-electron chi connectivity index (χ0n) is 15.1. The van der Waals surface area contributed by atoms with E-state index < -0.39 is 17.0 Å². The first-order valence-corrected chi connectivity index (χ1v) is 8.25. The third-order valence-corrected chi connectivity index (χ3v) is 4.05. The summed E-state index contributed by atoms with van der Waals surface area (Å²) in [5, 5.41) is 0. The second-order valence-electron chi connectivity index (χ2n) is 7.33. The molecule has 1 amide bonds. The van der Waals surface area contributed by atoms with E-state index in [2.05, 4.69) is 15.8 Å². The molecule has 7 nitrogen and oxygen atoms in total. The summed E-state index contributed by atoms with van der Waals surface area (Å²) in [6, 6.07) is 2.67. The molecule has 2 rings (SSSR count). The Morgan fingerprint density at radius 3 is 2.72 bits per heavy atom. The lowest BCUT2D eigenvalue weighted by molar-refractivity contribution is -0.157. The summed E-state index contributed by atoms with van der Waals surface area (Å²) in [5.41, 5.74) is 3.86. The first kappa shape index (κ1) is 19.1. The molecule has 1 aliphatic rings. The number of anilines is 1. The van der Waals surface area contributed by atoms with Gasteiger partial charge in [0.25, 0.3) is 5.91 Å². The van der Waals surface area contributed by atoms with Crippen molar-refractivity contribution < 1.29 is 18.7 Å². The van der Waals surface area contributed by atoms with E-state index in [1.807, 2.05) is 4.90 Å². The Bertz CT molecular complexity index is 630. The number of amides is 1. The molecule has 1 unspecified atom stereocenters. The molecular weight excluding hydrogens is 327 g/mol. The second kappa shape index (κ2) is 7.35. The minimum Gasteiger partial charge on any atom is -0.459 e. The van der Waals surface area contributed by atoms with E-state index in [4.69, 9.17) is 4.74 Å². The molecule has 8 heteroatoms. The smallest absolute Gasteiger partial charge is 0.320 e. The molecule has 0 bridgehead atoms. The molecule has 1 atom stereocenters. The summed E-state index contributed by atoms with van der Waals surface area (Å²) < 4.78 is 18.2. The van der Waals surface area contributed by atoms with Crippen LogP contribution in [0.25, 0.3) is 0 Å². The van der Waals surface area contributed by atoms with E-state index in [1.54, 1.807) is 27.7 Å². The van der Waals surface area contributed by atoms with E-state index in [0.29, 0.717) is 18.8 Å². The number of halogens is 1. The van der Waals surface area contributed by atoms with Gasteiger partial charge in [-0.25, -0.2) is 9.37 Å². The Hall–Kier alpha value is -2.22. The minimum atomic E-state index is -0.829. The van der Waals surface area contributed by atoms with Gasteiger partial charge in [0.15, 0.2) is 0 Å². The fourth-order valence-corrected chi connectivity index (χ4v) is 2.76. The summed E-state index contributed by atoms with van der Waals surface area (Å²) in [6.07, 6.45) is 2.49. The zero-order chi connectivity index (χ0) is 18.7. The van der Waals surface area contributed by atoms with Gasteiger partial charge in [0.05, 0.1) is 18.3 Å². The molecule has 1 aromatic rings. The molecular formula is C17H25FN4O3. The van der Waals surface area contributed by atoms with E-state index in [-0.39, 0.29) is 18.4 Å². The van der Waals surface area contributed by atoms with Crippen LogP contribution in [0.15, 0.2) is 18.3 Å². The fourth-order valence-electron chi connectivity index (χ4n) is 2.76. The number of carbonyl (C=O) groups is 2. The van der Waals surface area contributed by atoms with E-state index in [1.165, 1.54) is 12.1 Å². The molecule has 0 aromatic carbocycles. The summed E-state index contributed by atoms with van der Waals surface area (Å²) in [6.45, 7) is 7.90. The van der Waals surface area contributed by atoms with E-state index >= 15 is 0 Å². The summed E-state index contributed by atoms with van der Waals surface area (Å²) >= 11 is 0. The average Bonchev–Trinajstić information content (AvgIpc) is 2.86. The number of ether oxygens (including phenoxy) is 1. The number of esters is 1. The number of pyridine rings is 1. The van der Waals surface area contributed by atoms with Crippen molar-refractivity contribution in [1.29, 1.82) is 0 Å². The second-order valence-corrected chi connectivity index (χ2v) is 7.33. The zero-order valence-corrected chi connectivity index (χ0v) is 15.1. The van der Waals surface area contributed by atoms with Crippen LogP contribution in [0.3, 0.4) is 0 Å². The minimum absolute atomic E-state index is 0.0516.